The SMILES string of the molecule is COc1cc(C)c(Cl)c(C)c1C(N)C1CC1. The van der Waals surface area contributed by atoms with Crippen LogP contribution in [0.25, 0.3) is 0 Å². The number of nitrogens with two attached hydrogens (primary N) is 1. The van der Waals surface area contributed by atoms with E-state index in [1.165, 1.54) is 12.8 Å². The van der Waals surface area contributed by atoms with Crippen molar-refractivity contribution in [2.75, 3.05) is 7.11 Å². The van der Waals surface area contributed by atoms with Gasteiger partial charge in [0.1, 0.15) is 5.75 Å². The molecular formula is C13H18ClNO. The topological polar surface area (TPSA) is 35.2 Å². The molecule has 16 heavy (non-hydrogen) atoms. The van der Waals surface area contributed by atoms with Gasteiger partial charge in [0.25, 0.3) is 0 Å². The summed E-state index contributed by atoms with van der Waals surface area (Å²) in [6.45, 7) is 4.01. The van der Waals surface area contributed by atoms with Crippen molar-refractivity contribution in [3.63, 3.8) is 0 Å². The molecule has 0 spiro atoms. The summed E-state index contributed by atoms with van der Waals surface area (Å²) in [5.41, 5.74) is 9.45. The van der Waals surface area contributed by atoms with E-state index in [4.69, 9.17) is 22.1 Å². The van der Waals surface area contributed by atoms with Crippen LogP contribution in [0.2, 0.25) is 5.02 Å². The van der Waals surface area contributed by atoms with Gasteiger partial charge in [0.05, 0.1) is 7.11 Å². The average Bonchev–Trinajstić information content (AvgIpc) is 3.08. The van der Waals surface area contributed by atoms with Gasteiger partial charge in [-0.1, -0.05) is 11.6 Å². The smallest absolute Gasteiger partial charge is 0.124 e. The Morgan fingerprint density at radius 1 is 1.44 bits per heavy atom. The molecular weight excluding hydrogens is 222 g/mol. The van der Waals surface area contributed by atoms with E-state index in [0.717, 1.165) is 27.5 Å². The molecule has 2 nitrogen and oxygen atoms in total. The zero-order valence-electron chi connectivity index (χ0n) is 10.0. The maximum atomic E-state index is 6.27. The molecule has 1 aliphatic carbocycles. The Kier molecular flexibility index (Phi) is 3.13. The number of halogens is 1. The molecule has 0 aliphatic heterocycles. The maximum absolute atomic E-state index is 6.27. The second kappa shape index (κ2) is 4.27. The van der Waals surface area contributed by atoms with Crippen LogP contribution in [0.3, 0.4) is 0 Å². The van der Waals surface area contributed by atoms with Gasteiger partial charge in [-0.3, -0.25) is 0 Å². The summed E-state index contributed by atoms with van der Waals surface area (Å²) in [7, 11) is 1.69. The highest BCUT2D eigenvalue weighted by atomic mass is 35.5. The Hall–Kier alpha value is -0.730. The quantitative estimate of drug-likeness (QED) is 0.878. The number of benzene rings is 1. The van der Waals surface area contributed by atoms with Crippen LogP contribution >= 0.6 is 11.6 Å². The molecule has 2 N–H and O–H groups in total. The van der Waals surface area contributed by atoms with Crippen molar-refractivity contribution in [1.82, 2.24) is 0 Å². The molecule has 1 saturated carbocycles. The van der Waals surface area contributed by atoms with Crippen molar-refractivity contribution >= 4 is 11.6 Å². The molecule has 1 aromatic carbocycles. The van der Waals surface area contributed by atoms with E-state index < -0.39 is 0 Å². The second-order valence-electron chi connectivity index (χ2n) is 4.61. The lowest BCUT2D eigenvalue weighted by atomic mass is 9.95. The van der Waals surface area contributed by atoms with Crippen molar-refractivity contribution in [3.8, 4) is 5.75 Å². The lowest BCUT2D eigenvalue weighted by Crippen LogP contribution is -2.15. The Labute approximate surface area is 102 Å². The third kappa shape index (κ3) is 1.92. The molecule has 0 bridgehead atoms. The van der Waals surface area contributed by atoms with Crippen molar-refractivity contribution in [3.05, 3.63) is 27.8 Å². The van der Waals surface area contributed by atoms with Gasteiger partial charge in [-0.2, -0.15) is 0 Å². The Bertz CT molecular complexity index is 413. The molecule has 0 radical (unpaired) electrons. The zero-order valence-corrected chi connectivity index (χ0v) is 10.8. The fourth-order valence-electron chi connectivity index (χ4n) is 2.21. The third-order valence-corrected chi connectivity index (χ3v) is 3.96. The van der Waals surface area contributed by atoms with Gasteiger partial charge in [-0.25, -0.2) is 0 Å². The van der Waals surface area contributed by atoms with Crippen LogP contribution in [0.15, 0.2) is 6.07 Å². The molecule has 88 valence electrons. The normalized spacial score (nSPS) is 17.3. The first-order valence-electron chi connectivity index (χ1n) is 5.65. The number of aryl methyl sites for hydroxylation is 1. The van der Waals surface area contributed by atoms with Crippen LogP contribution in [-0.2, 0) is 0 Å². The van der Waals surface area contributed by atoms with E-state index in [-0.39, 0.29) is 6.04 Å². The van der Waals surface area contributed by atoms with E-state index in [1.54, 1.807) is 7.11 Å². The van der Waals surface area contributed by atoms with E-state index in [2.05, 4.69) is 0 Å². The van der Waals surface area contributed by atoms with Crippen LogP contribution in [-0.4, -0.2) is 7.11 Å². The first-order valence-corrected chi connectivity index (χ1v) is 6.03. The van der Waals surface area contributed by atoms with Crippen LogP contribution in [0, 0.1) is 19.8 Å². The van der Waals surface area contributed by atoms with E-state index in [1.807, 2.05) is 19.9 Å². The summed E-state index contributed by atoms with van der Waals surface area (Å²) < 4.78 is 5.42. The molecule has 0 aromatic heterocycles. The van der Waals surface area contributed by atoms with Crippen LogP contribution in [0.5, 0.6) is 5.75 Å². The molecule has 1 fully saturated rings. The second-order valence-corrected chi connectivity index (χ2v) is 4.99. The van der Waals surface area contributed by atoms with Gasteiger partial charge >= 0.3 is 0 Å². The van der Waals surface area contributed by atoms with Crippen molar-refractivity contribution in [2.24, 2.45) is 11.7 Å². The first-order chi connectivity index (χ1) is 7.56. The minimum atomic E-state index is 0.0630. The molecule has 1 aliphatic rings. The number of hydrogen-bond donors (Lipinski definition) is 1. The summed E-state index contributed by atoms with van der Waals surface area (Å²) in [6.07, 6.45) is 2.44. The van der Waals surface area contributed by atoms with Gasteiger partial charge in [-0.15, -0.1) is 0 Å². The Balaban J connectivity index is 2.51. The van der Waals surface area contributed by atoms with Crippen LogP contribution in [0.1, 0.15) is 35.6 Å². The van der Waals surface area contributed by atoms with Crippen molar-refractivity contribution in [2.45, 2.75) is 32.7 Å². The monoisotopic (exact) mass is 239 g/mol. The van der Waals surface area contributed by atoms with E-state index in [9.17, 15) is 0 Å². The molecule has 3 heteroatoms. The Morgan fingerprint density at radius 3 is 2.56 bits per heavy atom. The average molecular weight is 240 g/mol. The van der Waals surface area contributed by atoms with E-state index in [0.29, 0.717) is 5.92 Å². The number of rotatable bonds is 3. The zero-order chi connectivity index (χ0) is 11.9. The third-order valence-electron chi connectivity index (χ3n) is 3.38. The fraction of sp³-hybridized carbons (Fsp3) is 0.538. The molecule has 0 heterocycles. The molecule has 1 atom stereocenters. The number of hydrogen-bond acceptors (Lipinski definition) is 2. The minimum Gasteiger partial charge on any atom is -0.496 e. The van der Waals surface area contributed by atoms with Gasteiger partial charge in [0.2, 0.25) is 0 Å². The molecule has 2 rings (SSSR count). The van der Waals surface area contributed by atoms with Crippen molar-refractivity contribution < 1.29 is 4.74 Å². The van der Waals surface area contributed by atoms with Crippen molar-refractivity contribution in [1.29, 1.82) is 0 Å². The van der Waals surface area contributed by atoms with Gasteiger partial charge < -0.3 is 10.5 Å². The molecule has 0 amide bonds. The van der Waals surface area contributed by atoms with Crippen LogP contribution < -0.4 is 10.5 Å². The Morgan fingerprint density at radius 2 is 2.06 bits per heavy atom. The number of ether oxygens (including phenoxy) is 1. The summed E-state index contributed by atoms with van der Waals surface area (Å²) in [6, 6.07) is 2.04. The highest BCUT2D eigenvalue weighted by Gasteiger charge is 2.32. The number of methoxy groups -OCH3 is 1. The summed E-state index contributed by atoms with van der Waals surface area (Å²) in [5.74, 6) is 1.48. The lowest BCUT2D eigenvalue weighted by molar-refractivity contribution is 0.402. The minimum absolute atomic E-state index is 0.0630. The molecule has 1 unspecified atom stereocenters. The largest absolute Gasteiger partial charge is 0.496 e. The predicted molar refractivity (Wildman–Crippen MR) is 67.1 cm³/mol. The maximum Gasteiger partial charge on any atom is 0.124 e. The first kappa shape index (κ1) is 11.7. The van der Waals surface area contributed by atoms with Crippen LogP contribution in [0.4, 0.5) is 0 Å². The van der Waals surface area contributed by atoms with Gasteiger partial charge in [0, 0.05) is 16.6 Å². The standard InChI is InChI=1S/C13H18ClNO/c1-7-6-10(16-3)11(8(2)12(7)14)13(15)9-4-5-9/h6,9,13H,4-5,15H2,1-3H3. The highest BCUT2D eigenvalue weighted by Crippen LogP contribution is 2.45. The van der Waals surface area contributed by atoms with Gasteiger partial charge in [0.15, 0.2) is 0 Å². The highest BCUT2D eigenvalue weighted by molar-refractivity contribution is 6.32. The fourth-order valence-corrected chi connectivity index (χ4v) is 2.37. The van der Waals surface area contributed by atoms with Gasteiger partial charge in [-0.05, 0) is 49.8 Å². The summed E-state index contributed by atoms with van der Waals surface area (Å²) in [4.78, 5) is 0. The molecule has 1 aromatic rings. The summed E-state index contributed by atoms with van der Waals surface area (Å²) in [5, 5.41) is 0.812. The molecule has 0 saturated heterocycles. The van der Waals surface area contributed by atoms with E-state index >= 15 is 0 Å². The predicted octanol–water partition coefficient (Wildman–Crippen LogP) is 3.38. The lowest BCUT2D eigenvalue weighted by Gasteiger charge is -2.20. The summed E-state index contributed by atoms with van der Waals surface area (Å²) >= 11 is 6.27.